The van der Waals surface area contributed by atoms with Gasteiger partial charge in [0.05, 0.1) is 6.54 Å². The molecule has 19 heavy (non-hydrogen) atoms. The molecule has 2 aromatic rings. The van der Waals surface area contributed by atoms with E-state index in [4.69, 9.17) is 0 Å². The number of benzene rings is 1. The van der Waals surface area contributed by atoms with Gasteiger partial charge in [-0.05, 0) is 5.56 Å². The number of nitrogens with one attached hydrogen (secondary N) is 1. The Morgan fingerprint density at radius 1 is 0.947 bits per heavy atom. The number of nitrogens with zero attached hydrogens (tertiary/aromatic N) is 3. The van der Waals surface area contributed by atoms with Crippen molar-refractivity contribution in [2.75, 3.05) is 26.2 Å². The predicted octanol–water partition coefficient (Wildman–Crippen LogP) is 1.55. The van der Waals surface area contributed by atoms with Crippen LogP contribution in [0.4, 0.5) is 0 Å². The summed E-state index contributed by atoms with van der Waals surface area (Å²) in [7, 11) is 0. The summed E-state index contributed by atoms with van der Waals surface area (Å²) in [5.41, 5.74) is 2.24. The lowest BCUT2D eigenvalue weighted by Crippen LogP contribution is -2.43. The SMILES string of the molecule is c1ccc(-c2cnc(CN3CCNCC3)nc2)cc1. The molecule has 4 heteroatoms. The van der Waals surface area contributed by atoms with Gasteiger partial charge in [0.25, 0.3) is 0 Å². The average molecular weight is 254 g/mol. The van der Waals surface area contributed by atoms with Gasteiger partial charge in [-0.3, -0.25) is 4.90 Å². The van der Waals surface area contributed by atoms with Crippen LogP contribution >= 0.6 is 0 Å². The standard InChI is InChI=1S/C15H18N4/c1-2-4-13(5-3-1)14-10-17-15(18-11-14)12-19-8-6-16-7-9-19/h1-5,10-11,16H,6-9,12H2. The Balaban J connectivity index is 1.68. The predicted molar refractivity (Wildman–Crippen MR) is 75.6 cm³/mol. The highest BCUT2D eigenvalue weighted by atomic mass is 15.2. The van der Waals surface area contributed by atoms with Crippen LogP contribution in [0, 0.1) is 0 Å². The summed E-state index contributed by atoms with van der Waals surface area (Å²) in [5.74, 6) is 0.904. The van der Waals surface area contributed by atoms with E-state index in [1.807, 2.05) is 30.6 Å². The second-order valence-electron chi connectivity index (χ2n) is 4.78. The molecular formula is C15H18N4. The summed E-state index contributed by atoms with van der Waals surface area (Å²) < 4.78 is 0. The van der Waals surface area contributed by atoms with Crippen molar-refractivity contribution in [2.24, 2.45) is 0 Å². The largest absolute Gasteiger partial charge is 0.314 e. The van der Waals surface area contributed by atoms with Gasteiger partial charge in [0.15, 0.2) is 0 Å². The molecule has 1 saturated heterocycles. The molecule has 0 unspecified atom stereocenters. The van der Waals surface area contributed by atoms with E-state index in [0.717, 1.165) is 49.7 Å². The molecule has 1 aromatic heterocycles. The van der Waals surface area contributed by atoms with Crippen LogP contribution in [0.1, 0.15) is 5.82 Å². The fraction of sp³-hybridized carbons (Fsp3) is 0.333. The van der Waals surface area contributed by atoms with Crippen LogP contribution in [0.5, 0.6) is 0 Å². The molecule has 1 aliphatic heterocycles. The summed E-state index contributed by atoms with van der Waals surface area (Å²) in [5, 5.41) is 3.35. The second-order valence-corrected chi connectivity index (χ2v) is 4.78. The first-order valence-electron chi connectivity index (χ1n) is 6.71. The van der Waals surface area contributed by atoms with E-state index in [1.165, 1.54) is 0 Å². The van der Waals surface area contributed by atoms with Gasteiger partial charge in [-0.2, -0.15) is 0 Å². The molecule has 2 heterocycles. The van der Waals surface area contributed by atoms with E-state index >= 15 is 0 Å². The van der Waals surface area contributed by atoms with Crippen molar-refractivity contribution in [3.8, 4) is 11.1 Å². The zero-order chi connectivity index (χ0) is 12.9. The van der Waals surface area contributed by atoms with Crippen molar-refractivity contribution in [1.29, 1.82) is 0 Å². The molecule has 0 amide bonds. The Morgan fingerprint density at radius 2 is 1.63 bits per heavy atom. The maximum Gasteiger partial charge on any atom is 0.142 e. The van der Waals surface area contributed by atoms with Crippen LogP contribution in [0.25, 0.3) is 11.1 Å². The molecule has 0 spiro atoms. The zero-order valence-electron chi connectivity index (χ0n) is 10.9. The Morgan fingerprint density at radius 3 is 2.32 bits per heavy atom. The van der Waals surface area contributed by atoms with E-state index in [9.17, 15) is 0 Å². The Hall–Kier alpha value is -1.78. The molecule has 1 fully saturated rings. The van der Waals surface area contributed by atoms with Gasteiger partial charge in [-0.15, -0.1) is 0 Å². The molecular weight excluding hydrogens is 236 g/mol. The number of rotatable bonds is 3. The first kappa shape index (κ1) is 12.3. The quantitative estimate of drug-likeness (QED) is 0.902. The van der Waals surface area contributed by atoms with Crippen molar-refractivity contribution in [1.82, 2.24) is 20.2 Å². The molecule has 0 atom stereocenters. The molecule has 98 valence electrons. The van der Waals surface area contributed by atoms with Gasteiger partial charge >= 0.3 is 0 Å². The highest BCUT2D eigenvalue weighted by Gasteiger charge is 2.11. The minimum absolute atomic E-state index is 0.844. The Labute approximate surface area is 113 Å². The highest BCUT2D eigenvalue weighted by Crippen LogP contribution is 2.16. The summed E-state index contributed by atoms with van der Waals surface area (Å²) >= 11 is 0. The molecule has 0 bridgehead atoms. The van der Waals surface area contributed by atoms with Gasteiger partial charge in [-0.25, -0.2) is 9.97 Å². The summed E-state index contributed by atoms with van der Waals surface area (Å²) in [6.45, 7) is 5.11. The van der Waals surface area contributed by atoms with Crippen LogP contribution in [-0.4, -0.2) is 41.0 Å². The van der Waals surface area contributed by atoms with Crippen molar-refractivity contribution < 1.29 is 0 Å². The van der Waals surface area contributed by atoms with Gasteiger partial charge < -0.3 is 5.32 Å². The normalized spacial score (nSPS) is 16.4. The minimum atomic E-state index is 0.844. The van der Waals surface area contributed by atoms with E-state index in [2.05, 4.69) is 32.3 Å². The summed E-state index contributed by atoms with van der Waals surface area (Å²) in [6.07, 6.45) is 3.83. The zero-order valence-corrected chi connectivity index (χ0v) is 10.9. The van der Waals surface area contributed by atoms with Crippen LogP contribution in [0.3, 0.4) is 0 Å². The molecule has 1 aromatic carbocycles. The second kappa shape index (κ2) is 5.91. The van der Waals surface area contributed by atoms with Crippen LogP contribution < -0.4 is 5.32 Å². The summed E-state index contributed by atoms with van der Waals surface area (Å²) in [4.78, 5) is 11.3. The molecule has 1 aliphatic rings. The van der Waals surface area contributed by atoms with Gasteiger partial charge in [0, 0.05) is 44.1 Å². The third kappa shape index (κ3) is 3.16. The number of piperazine rings is 1. The van der Waals surface area contributed by atoms with E-state index in [1.54, 1.807) is 0 Å². The molecule has 1 N–H and O–H groups in total. The van der Waals surface area contributed by atoms with Crippen molar-refractivity contribution in [3.05, 3.63) is 48.5 Å². The first-order valence-corrected chi connectivity index (χ1v) is 6.71. The molecule has 0 radical (unpaired) electrons. The van der Waals surface area contributed by atoms with Gasteiger partial charge in [0.2, 0.25) is 0 Å². The van der Waals surface area contributed by atoms with Crippen LogP contribution in [0.2, 0.25) is 0 Å². The van der Waals surface area contributed by atoms with E-state index in [0.29, 0.717) is 0 Å². The summed E-state index contributed by atoms with van der Waals surface area (Å²) in [6, 6.07) is 10.2. The molecule has 4 nitrogen and oxygen atoms in total. The number of hydrogen-bond donors (Lipinski definition) is 1. The van der Waals surface area contributed by atoms with E-state index in [-0.39, 0.29) is 0 Å². The molecule has 0 aliphatic carbocycles. The monoisotopic (exact) mass is 254 g/mol. The topological polar surface area (TPSA) is 41.1 Å². The minimum Gasteiger partial charge on any atom is -0.314 e. The number of aromatic nitrogens is 2. The van der Waals surface area contributed by atoms with Crippen molar-refractivity contribution >= 4 is 0 Å². The fourth-order valence-electron chi connectivity index (χ4n) is 2.29. The van der Waals surface area contributed by atoms with Crippen LogP contribution in [0.15, 0.2) is 42.7 Å². The van der Waals surface area contributed by atoms with Crippen molar-refractivity contribution in [3.63, 3.8) is 0 Å². The van der Waals surface area contributed by atoms with Gasteiger partial charge in [-0.1, -0.05) is 30.3 Å². The lowest BCUT2D eigenvalue weighted by Gasteiger charge is -2.26. The number of hydrogen-bond acceptors (Lipinski definition) is 4. The lowest BCUT2D eigenvalue weighted by molar-refractivity contribution is 0.228. The molecule has 3 rings (SSSR count). The third-order valence-electron chi connectivity index (χ3n) is 3.39. The Kier molecular flexibility index (Phi) is 3.81. The average Bonchev–Trinajstić information content (AvgIpc) is 2.50. The smallest absolute Gasteiger partial charge is 0.142 e. The van der Waals surface area contributed by atoms with E-state index < -0.39 is 0 Å². The lowest BCUT2D eigenvalue weighted by atomic mass is 10.1. The van der Waals surface area contributed by atoms with Crippen LogP contribution in [-0.2, 0) is 6.54 Å². The van der Waals surface area contributed by atoms with Gasteiger partial charge in [0.1, 0.15) is 5.82 Å². The molecule has 0 saturated carbocycles. The first-order chi connectivity index (χ1) is 9.42. The fourth-order valence-corrected chi connectivity index (χ4v) is 2.29. The maximum absolute atomic E-state index is 4.48. The Bertz CT molecular complexity index is 503. The maximum atomic E-state index is 4.48. The highest BCUT2D eigenvalue weighted by molar-refractivity contribution is 5.60. The third-order valence-corrected chi connectivity index (χ3v) is 3.39. The van der Waals surface area contributed by atoms with Crippen molar-refractivity contribution in [2.45, 2.75) is 6.54 Å².